The van der Waals surface area contributed by atoms with Gasteiger partial charge in [-0.05, 0) is 69.0 Å². The molecular weight excluding hydrogens is 638 g/mol. The van der Waals surface area contributed by atoms with Gasteiger partial charge in [0.05, 0.1) is 12.4 Å². The third-order valence-corrected chi connectivity index (χ3v) is 8.65. The molecule has 0 aliphatic carbocycles. The van der Waals surface area contributed by atoms with Crippen molar-refractivity contribution in [3.8, 4) is 0 Å². The first-order valence-corrected chi connectivity index (χ1v) is 15.2. The minimum absolute atomic E-state index is 0.0320. The normalized spacial score (nSPS) is 15.4. The maximum atomic E-state index is 12.5. The van der Waals surface area contributed by atoms with Gasteiger partial charge in [-0.3, -0.25) is 8.80 Å². The number of ether oxygens (including phenoxy) is 1. The van der Waals surface area contributed by atoms with Gasteiger partial charge in [0.15, 0.2) is 10.1 Å². The second-order valence-corrected chi connectivity index (χ2v) is 13.3. The molecule has 0 aromatic carbocycles. The van der Waals surface area contributed by atoms with Crippen LogP contribution >= 0.6 is 42.5 Å². The Bertz CT molecular complexity index is 1550. The predicted octanol–water partition coefficient (Wildman–Crippen LogP) is 3.58. The average molecular weight is 656 g/mol. The lowest BCUT2D eigenvalue weighted by Gasteiger charge is -2.22. The highest BCUT2D eigenvalue weighted by Gasteiger charge is 2.25. The van der Waals surface area contributed by atoms with Crippen molar-refractivity contribution in [3.05, 3.63) is 58.0 Å². The van der Waals surface area contributed by atoms with Crippen LogP contribution in [0.1, 0.15) is 12.8 Å². The van der Waals surface area contributed by atoms with Crippen molar-refractivity contribution in [2.24, 2.45) is 0 Å². The monoisotopic (exact) mass is 653 g/mol. The maximum Gasteiger partial charge on any atom is 0.278 e. The molecule has 0 atom stereocenters. The molecule has 1 aliphatic heterocycles. The lowest BCUT2D eigenvalue weighted by atomic mass is 10.1. The van der Waals surface area contributed by atoms with E-state index in [4.69, 9.17) is 15.4 Å². The van der Waals surface area contributed by atoms with E-state index in [2.05, 4.69) is 46.5 Å². The van der Waals surface area contributed by atoms with Crippen LogP contribution in [0.25, 0.3) is 11.3 Å². The summed E-state index contributed by atoms with van der Waals surface area (Å²) in [4.78, 5) is 8.02. The molecule has 5 heterocycles. The van der Waals surface area contributed by atoms with Gasteiger partial charge in [0.25, 0.3) is 19.1 Å². The van der Waals surface area contributed by atoms with E-state index in [1.165, 1.54) is 16.8 Å². The van der Waals surface area contributed by atoms with Gasteiger partial charge in [0.2, 0.25) is 0 Å². The topological polar surface area (TPSA) is 124 Å². The lowest BCUT2D eigenvalue weighted by molar-refractivity contribution is 0.0832. The zero-order valence-corrected chi connectivity index (χ0v) is 22.9. The minimum atomic E-state index is -3.75. The quantitative estimate of drug-likeness (QED) is 0.334. The molecule has 1 fully saturated rings. The number of pyridine rings is 2. The van der Waals surface area contributed by atoms with Gasteiger partial charge in [-0.1, -0.05) is 0 Å². The summed E-state index contributed by atoms with van der Waals surface area (Å²) in [5.41, 5.74) is 1.13. The Balaban J connectivity index is 0.000000172. The molecule has 0 saturated carbocycles. The first-order valence-electron chi connectivity index (χ1n) is 9.84. The Morgan fingerprint density at radius 2 is 1.38 bits per heavy atom. The Hall–Kier alpha value is -1.55. The number of sulfonamides is 1. The number of nitrogens with one attached hydrogen (secondary N) is 1. The summed E-state index contributed by atoms with van der Waals surface area (Å²) in [6.07, 6.45) is 7.28. The summed E-state index contributed by atoms with van der Waals surface area (Å²) in [5, 5.41) is 0.121. The predicted molar refractivity (Wildman–Crippen MR) is 133 cm³/mol. The van der Waals surface area contributed by atoms with Crippen LogP contribution in [0, 0.1) is 0 Å². The second kappa shape index (κ2) is 10.2. The molecule has 34 heavy (non-hydrogen) atoms. The summed E-state index contributed by atoms with van der Waals surface area (Å²) in [6, 6.07) is 6.97. The molecule has 0 spiro atoms. The van der Waals surface area contributed by atoms with E-state index >= 15 is 0 Å². The summed E-state index contributed by atoms with van der Waals surface area (Å²) >= 11 is 6.57. The molecule has 1 N–H and O–H groups in total. The highest BCUT2D eigenvalue weighted by molar-refractivity contribution is 9.10. The number of halogens is 3. The highest BCUT2D eigenvalue weighted by Crippen LogP contribution is 2.20. The molecule has 4 aromatic heterocycles. The molecule has 5 rings (SSSR count). The molecule has 1 aliphatic rings. The third kappa shape index (κ3) is 5.80. The number of nitrogens with zero attached hydrogens (tertiary/aromatic N) is 4. The van der Waals surface area contributed by atoms with Crippen LogP contribution < -0.4 is 4.72 Å². The lowest BCUT2D eigenvalue weighted by Crippen LogP contribution is -2.39. The van der Waals surface area contributed by atoms with Gasteiger partial charge in [0.1, 0.15) is 11.3 Å². The minimum Gasteiger partial charge on any atom is -0.381 e. The van der Waals surface area contributed by atoms with Crippen LogP contribution in [0.3, 0.4) is 0 Å². The summed E-state index contributed by atoms with van der Waals surface area (Å²) < 4.78 is 59.6. The van der Waals surface area contributed by atoms with Crippen LogP contribution in [0.4, 0.5) is 0 Å². The zero-order valence-electron chi connectivity index (χ0n) is 17.3. The van der Waals surface area contributed by atoms with Crippen molar-refractivity contribution in [1.29, 1.82) is 0 Å². The standard InChI is InChI=1S/C12H14BrN3O3S.C7H4BrClN2O2S/c13-9-1-2-11-14-7-12(16(11)8-9)20(17,18)15-10-3-5-19-6-4-10;8-5-1-2-6-10-3-7(11(6)4-5)14(9,12)13/h1-2,7-8,10,15H,3-6H2;1-4H. The molecule has 0 radical (unpaired) electrons. The molecular formula is C19H18Br2ClN5O5S2. The number of rotatable bonds is 4. The molecule has 0 unspecified atom stereocenters. The number of hydrogen-bond donors (Lipinski definition) is 1. The van der Waals surface area contributed by atoms with Crippen LogP contribution in [-0.4, -0.2) is 54.9 Å². The molecule has 4 aromatic rings. The Morgan fingerprint density at radius 1 is 0.882 bits per heavy atom. The number of imidazole rings is 2. The summed E-state index contributed by atoms with van der Waals surface area (Å²) in [7, 11) is -2.11. The van der Waals surface area contributed by atoms with Crippen LogP contribution in [-0.2, 0) is 23.8 Å². The molecule has 0 bridgehead atoms. The van der Waals surface area contributed by atoms with Crippen molar-refractivity contribution >= 4 is 72.9 Å². The Kier molecular flexibility index (Phi) is 7.67. The first kappa shape index (κ1) is 25.5. The SMILES string of the molecule is O=S(=O)(Cl)c1cnc2ccc(Br)cn12.O=S(=O)(NC1CCOCC1)c1cnc2ccc(Br)cn12. The zero-order chi connectivity index (χ0) is 24.5. The van der Waals surface area contributed by atoms with Gasteiger partial charge in [-0.2, -0.15) is 0 Å². The highest BCUT2D eigenvalue weighted by atomic mass is 79.9. The van der Waals surface area contributed by atoms with Crippen molar-refractivity contribution in [1.82, 2.24) is 23.5 Å². The van der Waals surface area contributed by atoms with Gasteiger partial charge in [0, 0.05) is 51.3 Å². The van der Waals surface area contributed by atoms with Gasteiger partial charge in [-0.25, -0.2) is 31.5 Å². The number of hydrogen-bond acceptors (Lipinski definition) is 7. The molecule has 15 heteroatoms. The third-order valence-electron chi connectivity index (χ3n) is 4.94. The molecule has 10 nitrogen and oxygen atoms in total. The average Bonchev–Trinajstić information content (AvgIpc) is 3.38. The fourth-order valence-electron chi connectivity index (χ4n) is 3.34. The Labute approximate surface area is 217 Å². The van der Waals surface area contributed by atoms with E-state index in [0.717, 1.165) is 8.95 Å². The van der Waals surface area contributed by atoms with E-state index in [-0.39, 0.29) is 16.1 Å². The Morgan fingerprint density at radius 3 is 1.91 bits per heavy atom. The van der Waals surface area contributed by atoms with E-state index in [0.29, 0.717) is 37.3 Å². The molecule has 0 amide bonds. The van der Waals surface area contributed by atoms with Crippen molar-refractivity contribution in [2.75, 3.05) is 13.2 Å². The van der Waals surface area contributed by atoms with E-state index in [9.17, 15) is 16.8 Å². The van der Waals surface area contributed by atoms with E-state index in [1.807, 2.05) is 6.07 Å². The van der Waals surface area contributed by atoms with E-state index in [1.54, 1.807) is 35.0 Å². The maximum absolute atomic E-state index is 12.5. The fraction of sp³-hybridized carbons (Fsp3) is 0.263. The number of fused-ring (bicyclic) bond motifs is 2. The van der Waals surface area contributed by atoms with Gasteiger partial charge in [-0.15, -0.1) is 0 Å². The largest absolute Gasteiger partial charge is 0.381 e. The second-order valence-electron chi connectivity index (χ2n) is 7.29. The van der Waals surface area contributed by atoms with Crippen LogP contribution in [0.5, 0.6) is 0 Å². The van der Waals surface area contributed by atoms with Crippen molar-refractivity contribution in [2.45, 2.75) is 28.9 Å². The van der Waals surface area contributed by atoms with Crippen molar-refractivity contribution in [3.63, 3.8) is 0 Å². The first-order chi connectivity index (χ1) is 16.0. The summed E-state index contributed by atoms with van der Waals surface area (Å²) in [5.74, 6) is 0. The van der Waals surface area contributed by atoms with E-state index < -0.39 is 19.1 Å². The number of aromatic nitrogens is 4. The van der Waals surface area contributed by atoms with Gasteiger partial charge >= 0.3 is 0 Å². The molecule has 1 saturated heterocycles. The summed E-state index contributed by atoms with van der Waals surface area (Å²) in [6.45, 7) is 1.18. The van der Waals surface area contributed by atoms with Gasteiger partial charge < -0.3 is 4.74 Å². The fourth-order valence-corrected chi connectivity index (χ4v) is 6.31. The van der Waals surface area contributed by atoms with Crippen LogP contribution in [0.15, 0.2) is 68.1 Å². The smallest absolute Gasteiger partial charge is 0.278 e. The molecule has 182 valence electrons. The van der Waals surface area contributed by atoms with Crippen LogP contribution in [0.2, 0.25) is 0 Å². The van der Waals surface area contributed by atoms with Crippen molar-refractivity contribution < 1.29 is 21.6 Å².